The van der Waals surface area contributed by atoms with Gasteiger partial charge in [-0.3, -0.25) is 24.5 Å². The topological polar surface area (TPSA) is 123 Å². The second-order valence-electron chi connectivity index (χ2n) is 8.78. The highest BCUT2D eigenvalue weighted by atomic mass is 32.2. The molecule has 0 radical (unpaired) electrons. The van der Waals surface area contributed by atoms with E-state index in [1.54, 1.807) is 12.1 Å². The lowest BCUT2D eigenvalue weighted by molar-refractivity contribution is -0.384. The van der Waals surface area contributed by atoms with E-state index in [2.05, 4.69) is 22.5 Å². The molecule has 1 aliphatic heterocycles. The third-order valence-corrected chi connectivity index (χ3v) is 8.93. The maximum atomic E-state index is 13.1. The van der Waals surface area contributed by atoms with Gasteiger partial charge in [-0.1, -0.05) is 23.9 Å². The van der Waals surface area contributed by atoms with E-state index in [-0.39, 0.29) is 52.8 Å². The molecule has 1 N–H and O–H groups in total. The number of amides is 3. The van der Waals surface area contributed by atoms with E-state index in [1.807, 2.05) is 6.07 Å². The summed E-state index contributed by atoms with van der Waals surface area (Å²) in [5.74, 6) is -0.517. The quantitative estimate of drug-likeness (QED) is 0.174. The summed E-state index contributed by atoms with van der Waals surface area (Å²) in [6.07, 6.45) is 5.05. The van der Waals surface area contributed by atoms with E-state index in [9.17, 15) is 24.5 Å². The lowest BCUT2D eigenvalue weighted by Gasteiger charge is -2.17. The van der Waals surface area contributed by atoms with Crippen LogP contribution >= 0.6 is 23.1 Å². The number of benzene rings is 2. The van der Waals surface area contributed by atoms with Crippen molar-refractivity contribution in [3.05, 3.63) is 64.7 Å². The Morgan fingerprint density at radius 1 is 1.11 bits per heavy atom. The SMILES string of the molecule is O=C(CSc1nc2ccc(N3C(=O)[C@@H]4[C@H](C3=O)[C@H]3C=C[C@H]4C3)cc2s1)Nc1ccc([N+](=O)[O-])cc1. The minimum absolute atomic E-state index is 0.0456. The predicted octanol–water partition coefficient (Wildman–Crippen LogP) is 4.25. The molecule has 2 bridgehead atoms. The van der Waals surface area contributed by atoms with Gasteiger partial charge in [0.2, 0.25) is 17.7 Å². The molecule has 176 valence electrons. The highest BCUT2D eigenvalue weighted by Crippen LogP contribution is 2.53. The first-order valence-electron chi connectivity index (χ1n) is 11.0. The number of allylic oxidation sites excluding steroid dienone is 2. The van der Waals surface area contributed by atoms with Gasteiger partial charge in [-0.25, -0.2) is 9.88 Å². The van der Waals surface area contributed by atoms with Crippen molar-refractivity contribution >= 4 is 68.1 Å². The first kappa shape index (κ1) is 21.9. The van der Waals surface area contributed by atoms with E-state index in [4.69, 9.17) is 0 Å². The van der Waals surface area contributed by atoms with Gasteiger partial charge in [0.05, 0.1) is 38.4 Å². The number of nitrogens with one attached hydrogen (secondary N) is 1. The number of hydrogen-bond acceptors (Lipinski definition) is 8. The van der Waals surface area contributed by atoms with E-state index < -0.39 is 4.92 Å². The monoisotopic (exact) mass is 506 g/mol. The van der Waals surface area contributed by atoms with Crippen LogP contribution in [0.2, 0.25) is 0 Å². The zero-order chi connectivity index (χ0) is 24.3. The number of carbonyl (C=O) groups excluding carboxylic acids is 3. The number of fused-ring (bicyclic) bond motifs is 6. The third-order valence-electron chi connectivity index (χ3n) is 6.77. The fourth-order valence-electron chi connectivity index (χ4n) is 5.24. The van der Waals surface area contributed by atoms with Gasteiger partial charge < -0.3 is 5.32 Å². The Labute approximate surface area is 207 Å². The molecule has 3 aromatic rings. The summed E-state index contributed by atoms with van der Waals surface area (Å²) in [5.41, 5.74) is 1.73. The fraction of sp³-hybridized carbons (Fsp3) is 0.250. The molecule has 0 unspecified atom stereocenters. The second kappa shape index (κ2) is 8.28. The Hall–Kier alpha value is -3.57. The van der Waals surface area contributed by atoms with Gasteiger partial charge in [-0.2, -0.15) is 0 Å². The molecule has 0 spiro atoms. The number of thioether (sulfide) groups is 1. The van der Waals surface area contributed by atoms with Crippen LogP contribution in [-0.2, 0) is 14.4 Å². The summed E-state index contributed by atoms with van der Waals surface area (Å²) in [7, 11) is 0. The number of non-ortho nitro benzene ring substituents is 1. The van der Waals surface area contributed by atoms with Gasteiger partial charge in [0.25, 0.3) is 5.69 Å². The van der Waals surface area contributed by atoms with Crippen LogP contribution in [0.3, 0.4) is 0 Å². The van der Waals surface area contributed by atoms with E-state index in [1.165, 1.54) is 52.3 Å². The molecule has 1 saturated carbocycles. The van der Waals surface area contributed by atoms with Crippen molar-refractivity contribution in [3.8, 4) is 0 Å². The minimum atomic E-state index is -0.498. The third kappa shape index (κ3) is 3.71. The lowest BCUT2D eigenvalue weighted by atomic mass is 9.85. The summed E-state index contributed by atoms with van der Waals surface area (Å²) in [5, 5.41) is 13.4. The standard InChI is InChI=1S/C24H18N4O5S2/c29-19(25-14-3-5-15(6-4-14)28(32)33)11-34-24-26-17-8-7-16(10-18(17)35-24)27-22(30)20-12-1-2-13(9-12)21(20)23(27)31/h1-8,10,12-13,20-21H,9,11H2,(H,25,29)/t12-,13-,20-,21+/m0/s1. The van der Waals surface area contributed by atoms with Crippen molar-refractivity contribution in [2.75, 3.05) is 16.0 Å². The zero-order valence-electron chi connectivity index (χ0n) is 18.1. The number of rotatable bonds is 6. The summed E-state index contributed by atoms with van der Waals surface area (Å²) in [6, 6.07) is 11.0. The van der Waals surface area contributed by atoms with Crippen molar-refractivity contribution in [1.82, 2.24) is 4.98 Å². The molecule has 1 aromatic heterocycles. The average Bonchev–Trinajstić information content (AvgIpc) is 3.60. The van der Waals surface area contributed by atoms with E-state index in [0.717, 1.165) is 16.6 Å². The van der Waals surface area contributed by atoms with E-state index in [0.29, 0.717) is 15.7 Å². The van der Waals surface area contributed by atoms with Crippen molar-refractivity contribution in [3.63, 3.8) is 0 Å². The molecule has 35 heavy (non-hydrogen) atoms. The maximum Gasteiger partial charge on any atom is 0.269 e. The molecule has 2 aromatic carbocycles. The zero-order valence-corrected chi connectivity index (χ0v) is 19.8. The smallest absolute Gasteiger partial charge is 0.269 e. The Morgan fingerprint density at radius 2 is 1.80 bits per heavy atom. The molecule has 2 heterocycles. The molecule has 2 fully saturated rings. The number of thiazole rings is 1. The number of imide groups is 1. The minimum Gasteiger partial charge on any atom is -0.325 e. The first-order valence-corrected chi connectivity index (χ1v) is 12.8. The number of anilines is 2. The molecule has 3 aliphatic rings. The lowest BCUT2D eigenvalue weighted by Crippen LogP contribution is -2.32. The molecular weight excluding hydrogens is 488 g/mol. The number of nitro groups is 1. The van der Waals surface area contributed by atoms with Gasteiger partial charge in [-0.05, 0) is 48.6 Å². The molecule has 1 saturated heterocycles. The predicted molar refractivity (Wildman–Crippen MR) is 132 cm³/mol. The number of carbonyl (C=O) groups is 3. The normalized spacial score (nSPS) is 24.4. The highest BCUT2D eigenvalue weighted by molar-refractivity contribution is 8.01. The van der Waals surface area contributed by atoms with Crippen molar-refractivity contribution in [2.24, 2.45) is 23.7 Å². The van der Waals surface area contributed by atoms with Crippen LogP contribution in [0.15, 0.2) is 59.0 Å². The molecule has 3 amide bonds. The second-order valence-corrected chi connectivity index (χ2v) is 11.0. The van der Waals surface area contributed by atoms with Crippen LogP contribution in [0, 0.1) is 33.8 Å². The first-order chi connectivity index (χ1) is 16.9. The Bertz CT molecular complexity index is 1400. The van der Waals surface area contributed by atoms with Crippen LogP contribution in [0.5, 0.6) is 0 Å². The summed E-state index contributed by atoms with van der Waals surface area (Å²) < 4.78 is 1.52. The largest absolute Gasteiger partial charge is 0.325 e. The molecule has 4 atom stereocenters. The Balaban J connectivity index is 1.13. The molecule has 2 aliphatic carbocycles. The van der Waals surface area contributed by atoms with Crippen molar-refractivity contribution in [1.29, 1.82) is 0 Å². The summed E-state index contributed by atoms with van der Waals surface area (Å²) in [4.78, 5) is 54.6. The number of hydrogen-bond donors (Lipinski definition) is 1. The maximum absolute atomic E-state index is 13.1. The number of nitro benzene ring substituents is 1. The Morgan fingerprint density at radius 3 is 2.46 bits per heavy atom. The van der Waals surface area contributed by atoms with Crippen LogP contribution in [-0.4, -0.2) is 33.4 Å². The van der Waals surface area contributed by atoms with Crippen LogP contribution in [0.4, 0.5) is 17.1 Å². The molecule has 6 rings (SSSR count). The number of nitrogens with zero attached hydrogens (tertiary/aromatic N) is 3. The molecule has 11 heteroatoms. The van der Waals surface area contributed by atoms with E-state index >= 15 is 0 Å². The highest BCUT2D eigenvalue weighted by Gasteiger charge is 2.59. The van der Waals surface area contributed by atoms with Gasteiger partial charge in [0.1, 0.15) is 0 Å². The summed E-state index contributed by atoms with van der Waals surface area (Å²) >= 11 is 2.67. The van der Waals surface area contributed by atoms with Gasteiger partial charge >= 0.3 is 0 Å². The Kier molecular flexibility index (Phi) is 5.19. The van der Waals surface area contributed by atoms with Crippen molar-refractivity contribution < 1.29 is 19.3 Å². The van der Waals surface area contributed by atoms with Gasteiger partial charge in [0, 0.05) is 17.8 Å². The van der Waals surface area contributed by atoms with Crippen LogP contribution in [0.25, 0.3) is 10.2 Å². The van der Waals surface area contributed by atoms with Gasteiger partial charge in [0.15, 0.2) is 4.34 Å². The number of aromatic nitrogens is 1. The van der Waals surface area contributed by atoms with Crippen LogP contribution < -0.4 is 10.2 Å². The fourth-order valence-corrected chi connectivity index (χ4v) is 7.14. The molecular formula is C24H18N4O5S2. The average molecular weight is 507 g/mol. The van der Waals surface area contributed by atoms with Crippen molar-refractivity contribution in [2.45, 2.75) is 10.8 Å². The van der Waals surface area contributed by atoms with Gasteiger partial charge in [-0.15, -0.1) is 11.3 Å². The molecule has 9 nitrogen and oxygen atoms in total. The summed E-state index contributed by atoms with van der Waals surface area (Å²) in [6.45, 7) is 0. The van der Waals surface area contributed by atoms with Crippen LogP contribution in [0.1, 0.15) is 6.42 Å².